The average Bonchev–Trinajstić information content (AvgIpc) is 2.54. The van der Waals surface area contributed by atoms with Crippen molar-refractivity contribution < 1.29 is 19.1 Å². The number of benzene rings is 2. The van der Waals surface area contributed by atoms with E-state index < -0.39 is 23.8 Å². The van der Waals surface area contributed by atoms with Gasteiger partial charge in [-0.15, -0.1) is 0 Å². The molecule has 3 N–H and O–H groups in total. The van der Waals surface area contributed by atoms with Gasteiger partial charge in [-0.3, -0.25) is 14.4 Å². The summed E-state index contributed by atoms with van der Waals surface area (Å²) in [5, 5.41) is 3.13. The fourth-order valence-electron chi connectivity index (χ4n) is 2.20. The van der Waals surface area contributed by atoms with Crippen LogP contribution in [0, 0.1) is 0 Å². The highest BCUT2D eigenvalue weighted by Crippen LogP contribution is 2.14. The molecule has 2 amide bonds. The molecule has 1 atom stereocenters. The molecule has 0 aliphatic heterocycles. The Bertz CT molecular complexity index is 790. The Kier molecular flexibility index (Phi) is 6.14. The molecule has 0 fully saturated rings. The maximum Gasteiger partial charge on any atom is 0.308 e. The molecule has 130 valence electrons. The van der Waals surface area contributed by atoms with E-state index in [1.54, 1.807) is 24.3 Å². The Balaban J connectivity index is 2.07. The third-order valence-electron chi connectivity index (χ3n) is 3.36. The minimum Gasteiger partial charge on any atom is -0.427 e. The third kappa shape index (κ3) is 5.61. The molecule has 0 spiro atoms. The van der Waals surface area contributed by atoms with Crippen molar-refractivity contribution in [2.75, 3.05) is 0 Å². The van der Waals surface area contributed by atoms with Gasteiger partial charge in [-0.25, -0.2) is 0 Å². The first-order chi connectivity index (χ1) is 11.8. The first-order valence-corrected chi connectivity index (χ1v) is 7.86. The summed E-state index contributed by atoms with van der Waals surface area (Å²) >= 11 is 5.92. The van der Waals surface area contributed by atoms with Gasteiger partial charge in [0.1, 0.15) is 11.8 Å². The number of hydrogen-bond acceptors (Lipinski definition) is 4. The van der Waals surface area contributed by atoms with Crippen molar-refractivity contribution in [2.24, 2.45) is 5.73 Å². The molecule has 0 unspecified atom stereocenters. The van der Waals surface area contributed by atoms with Crippen LogP contribution in [0.15, 0.2) is 48.5 Å². The predicted molar refractivity (Wildman–Crippen MR) is 93.4 cm³/mol. The quantitative estimate of drug-likeness (QED) is 0.608. The average molecular weight is 361 g/mol. The second-order valence-electron chi connectivity index (χ2n) is 5.38. The van der Waals surface area contributed by atoms with Gasteiger partial charge in [0.15, 0.2) is 0 Å². The summed E-state index contributed by atoms with van der Waals surface area (Å²) in [6.45, 7) is 1.29. The number of primary amides is 1. The van der Waals surface area contributed by atoms with Gasteiger partial charge in [-0.2, -0.15) is 0 Å². The van der Waals surface area contributed by atoms with E-state index in [9.17, 15) is 14.4 Å². The fraction of sp³-hybridized carbons (Fsp3) is 0.167. The first kappa shape index (κ1) is 18.5. The van der Waals surface area contributed by atoms with Crippen LogP contribution in [0.2, 0.25) is 5.02 Å². The SMILES string of the molecule is CC(=O)Oc1ccc(C(=O)N[C@@H](Cc2cccc(Cl)c2)C(N)=O)cc1. The number of ether oxygens (including phenoxy) is 1. The number of amides is 2. The lowest BCUT2D eigenvalue weighted by Crippen LogP contribution is -2.45. The third-order valence-corrected chi connectivity index (χ3v) is 3.59. The predicted octanol–water partition coefficient (Wildman–Crippen LogP) is 2.09. The summed E-state index contributed by atoms with van der Waals surface area (Å²) in [4.78, 5) is 34.8. The number of hydrogen-bond donors (Lipinski definition) is 2. The summed E-state index contributed by atoms with van der Waals surface area (Å²) in [6.07, 6.45) is 0.229. The molecule has 2 aromatic carbocycles. The van der Waals surface area contributed by atoms with Crippen molar-refractivity contribution in [3.63, 3.8) is 0 Å². The van der Waals surface area contributed by atoms with Crippen LogP contribution in [0.1, 0.15) is 22.8 Å². The molecule has 6 nitrogen and oxygen atoms in total. The minimum atomic E-state index is -0.876. The summed E-state index contributed by atoms with van der Waals surface area (Å²) in [5.74, 6) is -1.23. The van der Waals surface area contributed by atoms with E-state index in [1.807, 2.05) is 0 Å². The van der Waals surface area contributed by atoms with Gasteiger partial charge in [-0.1, -0.05) is 23.7 Å². The zero-order chi connectivity index (χ0) is 18.4. The van der Waals surface area contributed by atoms with Crippen LogP contribution >= 0.6 is 11.6 Å². The zero-order valence-corrected chi connectivity index (χ0v) is 14.2. The molecule has 0 heterocycles. The van der Waals surface area contributed by atoms with Gasteiger partial charge in [0.05, 0.1) is 0 Å². The van der Waals surface area contributed by atoms with Gasteiger partial charge in [0.2, 0.25) is 5.91 Å². The Morgan fingerprint density at radius 2 is 1.84 bits per heavy atom. The number of rotatable bonds is 6. The summed E-state index contributed by atoms with van der Waals surface area (Å²) < 4.78 is 4.90. The fourth-order valence-corrected chi connectivity index (χ4v) is 2.42. The molecular weight excluding hydrogens is 344 g/mol. The Labute approximate surface area is 149 Å². The molecule has 0 aliphatic carbocycles. The van der Waals surface area contributed by atoms with Crippen molar-refractivity contribution in [1.29, 1.82) is 0 Å². The molecule has 2 aromatic rings. The molecule has 7 heteroatoms. The Morgan fingerprint density at radius 1 is 1.16 bits per heavy atom. The van der Waals surface area contributed by atoms with Crippen molar-refractivity contribution >= 4 is 29.4 Å². The van der Waals surface area contributed by atoms with E-state index in [0.29, 0.717) is 16.3 Å². The summed E-state index contributed by atoms with van der Waals surface area (Å²) in [5.41, 5.74) is 6.48. The number of carbonyl (C=O) groups excluding carboxylic acids is 3. The number of esters is 1. The van der Waals surface area contributed by atoms with Gasteiger partial charge in [-0.05, 0) is 42.0 Å². The van der Waals surface area contributed by atoms with Gasteiger partial charge < -0.3 is 15.8 Å². The molecule has 0 saturated heterocycles. The number of nitrogens with one attached hydrogen (secondary N) is 1. The molecule has 0 aliphatic rings. The topological polar surface area (TPSA) is 98.5 Å². The molecule has 2 rings (SSSR count). The van der Waals surface area contributed by atoms with Crippen LogP contribution in [0.3, 0.4) is 0 Å². The van der Waals surface area contributed by atoms with Crippen LogP contribution in [0.4, 0.5) is 0 Å². The maximum atomic E-state index is 12.3. The first-order valence-electron chi connectivity index (χ1n) is 7.48. The van der Waals surface area contributed by atoms with E-state index in [-0.39, 0.29) is 6.42 Å². The minimum absolute atomic E-state index is 0.229. The molecular formula is C18H17ClN2O4. The molecule has 0 bridgehead atoms. The smallest absolute Gasteiger partial charge is 0.308 e. The number of carbonyl (C=O) groups is 3. The van der Waals surface area contributed by atoms with E-state index in [0.717, 1.165) is 5.56 Å². The number of halogens is 1. The van der Waals surface area contributed by atoms with Crippen molar-refractivity contribution in [2.45, 2.75) is 19.4 Å². The lowest BCUT2D eigenvalue weighted by molar-refractivity contribution is -0.131. The largest absolute Gasteiger partial charge is 0.427 e. The van der Waals surface area contributed by atoms with Crippen LogP contribution in [-0.2, 0) is 16.0 Å². The molecule has 0 saturated carbocycles. The Morgan fingerprint density at radius 3 is 2.40 bits per heavy atom. The molecule has 25 heavy (non-hydrogen) atoms. The monoisotopic (exact) mass is 360 g/mol. The zero-order valence-electron chi connectivity index (χ0n) is 13.5. The van der Waals surface area contributed by atoms with Crippen LogP contribution < -0.4 is 15.8 Å². The number of nitrogens with two attached hydrogens (primary N) is 1. The van der Waals surface area contributed by atoms with E-state index in [1.165, 1.54) is 31.2 Å². The van der Waals surface area contributed by atoms with E-state index >= 15 is 0 Å². The summed E-state index contributed by atoms with van der Waals surface area (Å²) in [6, 6.07) is 12.1. The van der Waals surface area contributed by atoms with Gasteiger partial charge in [0, 0.05) is 23.9 Å². The molecule has 0 radical (unpaired) electrons. The standard InChI is InChI=1S/C18H17ClN2O4/c1-11(22)25-15-7-5-13(6-8-15)18(24)21-16(17(20)23)10-12-3-2-4-14(19)9-12/h2-9,16H,10H2,1H3,(H2,20,23)(H,21,24)/t16-/m0/s1. The molecule has 0 aromatic heterocycles. The van der Waals surface area contributed by atoms with E-state index in [2.05, 4.69) is 5.32 Å². The van der Waals surface area contributed by atoms with E-state index in [4.69, 9.17) is 22.1 Å². The van der Waals surface area contributed by atoms with Gasteiger partial charge >= 0.3 is 5.97 Å². The maximum absolute atomic E-state index is 12.3. The Hall–Kier alpha value is -2.86. The normalized spacial score (nSPS) is 11.4. The summed E-state index contributed by atoms with van der Waals surface area (Å²) in [7, 11) is 0. The highest BCUT2D eigenvalue weighted by molar-refractivity contribution is 6.30. The van der Waals surface area contributed by atoms with Crippen molar-refractivity contribution in [3.8, 4) is 5.75 Å². The lowest BCUT2D eigenvalue weighted by Gasteiger charge is -2.16. The van der Waals surface area contributed by atoms with Crippen LogP contribution in [0.25, 0.3) is 0 Å². The highest BCUT2D eigenvalue weighted by atomic mass is 35.5. The van der Waals surface area contributed by atoms with Crippen molar-refractivity contribution in [3.05, 3.63) is 64.7 Å². The van der Waals surface area contributed by atoms with Crippen molar-refractivity contribution in [1.82, 2.24) is 5.32 Å². The van der Waals surface area contributed by atoms with Crippen LogP contribution in [-0.4, -0.2) is 23.8 Å². The van der Waals surface area contributed by atoms with Crippen LogP contribution in [0.5, 0.6) is 5.75 Å². The second kappa shape index (κ2) is 8.30. The van der Waals surface area contributed by atoms with Gasteiger partial charge in [0.25, 0.3) is 5.91 Å². The lowest BCUT2D eigenvalue weighted by atomic mass is 10.0. The highest BCUT2D eigenvalue weighted by Gasteiger charge is 2.19. The second-order valence-corrected chi connectivity index (χ2v) is 5.82.